The molecule has 0 unspecified atom stereocenters. The summed E-state index contributed by atoms with van der Waals surface area (Å²) in [5, 5.41) is 9.57. The van der Waals surface area contributed by atoms with Crippen molar-refractivity contribution in [1.82, 2.24) is 16.0 Å². The fraction of sp³-hybridized carbons (Fsp3) is 0.133. The Labute approximate surface area is 121 Å². The molecule has 0 rings (SSSR count). The van der Waals surface area contributed by atoms with Crippen molar-refractivity contribution in [2.24, 2.45) is 0 Å². The average Bonchev–Trinajstić information content (AvgIpc) is 2.42. The van der Waals surface area contributed by atoms with E-state index in [4.69, 9.17) is 12.2 Å². The maximum atomic E-state index is 4.96. The number of allylic oxidation sites excluding steroid dienone is 5. The molecule has 0 spiro atoms. The molecule has 19 heavy (non-hydrogen) atoms. The zero-order chi connectivity index (χ0) is 14.5. The van der Waals surface area contributed by atoms with Crippen molar-refractivity contribution >= 4 is 17.3 Å². The van der Waals surface area contributed by atoms with Gasteiger partial charge in [-0.3, -0.25) is 0 Å². The van der Waals surface area contributed by atoms with Gasteiger partial charge >= 0.3 is 0 Å². The van der Waals surface area contributed by atoms with Crippen LogP contribution in [0.15, 0.2) is 73.7 Å². The van der Waals surface area contributed by atoms with Gasteiger partial charge in [0.05, 0.1) is 0 Å². The van der Waals surface area contributed by atoms with Crippen LogP contribution in [0.5, 0.6) is 0 Å². The second-order valence-corrected chi connectivity index (χ2v) is 3.86. The third kappa shape index (κ3) is 8.63. The van der Waals surface area contributed by atoms with Crippen LogP contribution in [0.3, 0.4) is 0 Å². The molecule has 3 N–H and O–H groups in total. The summed E-state index contributed by atoms with van der Waals surface area (Å²) in [6.45, 7) is 11.8. The molecule has 0 fully saturated rings. The first-order valence-electron chi connectivity index (χ1n) is 5.83. The Morgan fingerprint density at radius 3 is 2.37 bits per heavy atom. The van der Waals surface area contributed by atoms with E-state index in [0.29, 0.717) is 11.7 Å². The van der Waals surface area contributed by atoms with Gasteiger partial charge in [-0.2, -0.15) is 0 Å². The fourth-order valence-corrected chi connectivity index (χ4v) is 1.20. The quantitative estimate of drug-likeness (QED) is 0.470. The van der Waals surface area contributed by atoms with Gasteiger partial charge in [-0.25, -0.2) is 0 Å². The zero-order valence-electron chi connectivity index (χ0n) is 11.3. The Bertz CT molecular complexity index is 417. The summed E-state index contributed by atoms with van der Waals surface area (Å²) >= 11 is 4.96. The molecule has 0 aromatic carbocycles. The van der Waals surface area contributed by atoms with Crippen LogP contribution in [0.25, 0.3) is 0 Å². The molecule has 102 valence electrons. The second kappa shape index (κ2) is 11.0. The Balaban J connectivity index is 4.51. The lowest BCUT2D eigenvalue weighted by Gasteiger charge is -2.08. The topological polar surface area (TPSA) is 36.1 Å². The van der Waals surface area contributed by atoms with E-state index in [9.17, 15) is 0 Å². The third-order valence-corrected chi connectivity index (χ3v) is 2.41. The highest BCUT2D eigenvalue weighted by Gasteiger charge is 1.93. The van der Waals surface area contributed by atoms with Crippen molar-refractivity contribution in [3.63, 3.8) is 0 Å². The number of thiocarbonyl (C=S) groups is 1. The van der Waals surface area contributed by atoms with E-state index < -0.39 is 0 Å². The van der Waals surface area contributed by atoms with Gasteiger partial charge in [0.25, 0.3) is 0 Å². The van der Waals surface area contributed by atoms with E-state index in [1.54, 1.807) is 31.5 Å². The minimum atomic E-state index is 0.563. The Kier molecular flexibility index (Phi) is 9.84. The van der Waals surface area contributed by atoms with Gasteiger partial charge < -0.3 is 16.0 Å². The first-order chi connectivity index (χ1) is 9.17. The predicted octanol–water partition coefficient (Wildman–Crippen LogP) is 2.55. The normalized spacial score (nSPS) is 11.8. The van der Waals surface area contributed by atoms with Crippen molar-refractivity contribution < 1.29 is 0 Å². The molecule has 0 aromatic heterocycles. The monoisotopic (exact) mass is 275 g/mol. The summed E-state index contributed by atoms with van der Waals surface area (Å²) in [5.74, 6) is 0. The first-order valence-corrected chi connectivity index (χ1v) is 6.24. The third-order valence-electron chi connectivity index (χ3n) is 2.09. The first kappa shape index (κ1) is 16.9. The molecule has 0 bridgehead atoms. The minimum Gasteiger partial charge on any atom is -0.381 e. The highest BCUT2D eigenvalue weighted by Crippen LogP contribution is 1.98. The molecule has 3 nitrogen and oxygen atoms in total. The van der Waals surface area contributed by atoms with Crippen molar-refractivity contribution in [3.8, 4) is 0 Å². The Morgan fingerprint density at radius 2 is 1.84 bits per heavy atom. The van der Waals surface area contributed by atoms with Crippen LogP contribution >= 0.6 is 12.2 Å². The smallest absolute Gasteiger partial charge is 0.170 e. The van der Waals surface area contributed by atoms with Crippen LogP contribution in [0.2, 0.25) is 0 Å². The fourth-order valence-electron chi connectivity index (χ4n) is 1.13. The molecule has 0 saturated carbocycles. The molecule has 0 aliphatic rings. The lowest BCUT2D eigenvalue weighted by atomic mass is 10.2. The molecule has 0 heterocycles. The van der Waals surface area contributed by atoms with Crippen LogP contribution in [-0.2, 0) is 0 Å². The van der Waals surface area contributed by atoms with E-state index in [0.717, 1.165) is 11.3 Å². The van der Waals surface area contributed by atoms with Crippen LogP contribution in [0.1, 0.15) is 0 Å². The highest BCUT2D eigenvalue weighted by molar-refractivity contribution is 7.80. The van der Waals surface area contributed by atoms with Gasteiger partial charge in [-0.05, 0) is 29.9 Å². The minimum absolute atomic E-state index is 0.563. The van der Waals surface area contributed by atoms with Gasteiger partial charge in [-0.1, -0.05) is 44.0 Å². The maximum Gasteiger partial charge on any atom is 0.170 e. The highest BCUT2D eigenvalue weighted by atomic mass is 32.1. The van der Waals surface area contributed by atoms with Gasteiger partial charge in [0.1, 0.15) is 0 Å². The van der Waals surface area contributed by atoms with E-state index in [1.807, 2.05) is 18.2 Å². The predicted molar refractivity (Wildman–Crippen MR) is 88.7 cm³/mol. The molecule has 0 saturated heterocycles. The summed E-state index contributed by atoms with van der Waals surface area (Å²) in [5.41, 5.74) is 1.97. The van der Waals surface area contributed by atoms with E-state index in [1.165, 1.54) is 0 Å². The molecular formula is C15H21N3S. The van der Waals surface area contributed by atoms with Gasteiger partial charge in [-0.15, -0.1) is 0 Å². The molecule has 0 radical (unpaired) electrons. The van der Waals surface area contributed by atoms with Gasteiger partial charge in [0.15, 0.2) is 5.11 Å². The number of nitrogens with one attached hydrogen (secondary N) is 3. The second-order valence-electron chi connectivity index (χ2n) is 3.45. The molecule has 0 amide bonds. The van der Waals surface area contributed by atoms with E-state index in [2.05, 4.69) is 35.7 Å². The maximum absolute atomic E-state index is 4.96. The summed E-state index contributed by atoms with van der Waals surface area (Å²) in [7, 11) is 1.76. The molecule has 4 heteroatoms. The molecule has 0 aliphatic carbocycles. The van der Waals surface area contributed by atoms with Crippen molar-refractivity contribution in [1.29, 1.82) is 0 Å². The summed E-state index contributed by atoms with van der Waals surface area (Å²) < 4.78 is 0. The molecule has 0 atom stereocenters. The van der Waals surface area contributed by atoms with Crippen LogP contribution in [0.4, 0.5) is 0 Å². The van der Waals surface area contributed by atoms with Crippen molar-refractivity contribution in [2.75, 3.05) is 13.6 Å². The summed E-state index contributed by atoms with van der Waals surface area (Å²) in [6, 6.07) is 0. The SMILES string of the molecule is C=C/C=C(\C=C)CNC(/C=C/NC(=S)NC)=C/C=C. The number of rotatable bonds is 8. The molecular weight excluding hydrogens is 254 g/mol. The van der Waals surface area contributed by atoms with E-state index in [-0.39, 0.29) is 0 Å². The summed E-state index contributed by atoms with van der Waals surface area (Å²) in [6.07, 6.45) is 12.6. The number of hydrogen-bond donors (Lipinski definition) is 3. The largest absolute Gasteiger partial charge is 0.381 e. The Morgan fingerprint density at radius 1 is 1.16 bits per heavy atom. The average molecular weight is 275 g/mol. The van der Waals surface area contributed by atoms with Gasteiger partial charge in [0.2, 0.25) is 0 Å². The van der Waals surface area contributed by atoms with Crippen LogP contribution in [0, 0.1) is 0 Å². The van der Waals surface area contributed by atoms with Crippen molar-refractivity contribution in [3.05, 3.63) is 73.7 Å². The van der Waals surface area contributed by atoms with Crippen LogP contribution < -0.4 is 16.0 Å². The molecule has 0 aromatic rings. The molecule has 0 aliphatic heterocycles. The zero-order valence-corrected chi connectivity index (χ0v) is 12.1. The van der Waals surface area contributed by atoms with Gasteiger partial charge in [0, 0.05) is 25.5 Å². The lowest BCUT2D eigenvalue weighted by Crippen LogP contribution is -2.28. The number of hydrogen-bond acceptors (Lipinski definition) is 2. The standard InChI is InChI=1S/C15H21N3S/c1-5-8-13(7-3)12-18-14(9-6-2)10-11-17-15(19)16-4/h5-11,18H,1-3,12H2,4H3,(H2,16,17,19)/b11-10+,13-8+,14-9+. The van der Waals surface area contributed by atoms with Crippen LogP contribution in [-0.4, -0.2) is 18.7 Å². The summed E-state index contributed by atoms with van der Waals surface area (Å²) in [4.78, 5) is 0. The lowest BCUT2D eigenvalue weighted by molar-refractivity contribution is 0.909. The van der Waals surface area contributed by atoms with E-state index >= 15 is 0 Å². The Hall–Kier alpha value is -2.07. The van der Waals surface area contributed by atoms with Crippen molar-refractivity contribution in [2.45, 2.75) is 0 Å².